The number of aromatic nitrogens is 3. The van der Waals surface area contributed by atoms with E-state index in [4.69, 9.17) is 14.2 Å². The van der Waals surface area contributed by atoms with Gasteiger partial charge in [-0.1, -0.05) is 45.5 Å². The Morgan fingerprint density at radius 1 is 1.03 bits per heavy atom. The first-order valence-electron chi connectivity index (χ1n) is 8.52. The van der Waals surface area contributed by atoms with Crippen LogP contribution in [0.15, 0.2) is 45.7 Å². The predicted octanol–water partition coefficient (Wildman–Crippen LogP) is 3.15. The molecule has 9 heteroatoms. The number of ether oxygens (including phenoxy) is 3. The molecule has 0 bridgehead atoms. The molecule has 0 N–H and O–H groups in total. The van der Waals surface area contributed by atoms with Crippen molar-refractivity contribution in [1.82, 2.24) is 14.6 Å². The summed E-state index contributed by atoms with van der Waals surface area (Å²) in [5.74, 6) is 1.82. The van der Waals surface area contributed by atoms with Crippen LogP contribution in [0.1, 0.15) is 5.56 Å². The summed E-state index contributed by atoms with van der Waals surface area (Å²) in [5.41, 5.74) is 1.36. The molecule has 2 aromatic heterocycles. The summed E-state index contributed by atoms with van der Waals surface area (Å²) in [4.78, 5) is 13.6. The van der Waals surface area contributed by atoms with Crippen LogP contribution < -0.4 is 24.3 Å². The number of nitrogens with zero attached hydrogens (tertiary/aromatic N) is 3. The molecule has 0 radical (unpaired) electrons. The Kier molecular flexibility index (Phi) is 5.25. The van der Waals surface area contributed by atoms with E-state index in [2.05, 4.69) is 26.1 Å². The third kappa shape index (κ3) is 3.36. The lowest BCUT2D eigenvalue weighted by atomic mass is 10.1. The second kappa shape index (κ2) is 7.84. The van der Waals surface area contributed by atoms with E-state index in [-0.39, 0.29) is 5.56 Å². The van der Waals surface area contributed by atoms with Crippen LogP contribution in [-0.4, -0.2) is 35.9 Å². The Balaban J connectivity index is 1.93. The number of benzene rings is 2. The summed E-state index contributed by atoms with van der Waals surface area (Å²) in [5, 5.41) is 8.39. The topological polar surface area (TPSA) is 75.0 Å². The summed E-state index contributed by atoms with van der Waals surface area (Å²) in [6.45, 7) is 0. The third-order valence-electron chi connectivity index (χ3n) is 4.36. The maximum Gasteiger partial charge on any atom is 0.276 e. The minimum atomic E-state index is -0.186. The van der Waals surface area contributed by atoms with Crippen molar-refractivity contribution in [1.29, 1.82) is 0 Å². The van der Waals surface area contributed by atoms with Gasteiger partial charge < -0.3 is 14.2 Å². The maximum absolute atomic E-state index is 13.1. The van der Waals surface area contributed by atoms with Crippen molar-refractivity contribution in [3.05, 3.63) is 61.3 Å². The van der Waals surface area contributed by atoms with Crippen LogP contribution in [0.2, 0.25) is 0 Å². The number of thiazole rings is 1. The van der Waals surface area contributed by atoms with E-state index in [0.29, 0.717) is 38.1 Å². The Bertz CT molecular complexity index is 1290. The summed E-state index contributed by atoms with van der Waals surface area (Å²) in [6.07, 6.45) is 1.84. The molecule has 0 aliphatic heterocycles. The monoisotopic (exact) mass is 473 g/mol. The van der Waals surface area contributed by atoms with Crippen molar-refractivity contribution >= 4 is 38.3 Å². The summed E-state index contributed by atoms with van der Waals surface area (Å²) < 4.78 is 19.1. The van der Waals surface area contributed by atoms with Crippen LogP contribution in [0.25, 0.3) is 22.4 Å². The fourth-order valence-corrected chi connectivity index (χ4v) is 4.30. The van der Waals surface area contributed by atoms with Crippen LogP contribution in [0, 0.1) is 0 Å². The van der Waals surface area contributed by atoms with Gasteiger partial charge in [0.05, 0.1) is 25.9 Å². The van der Waals surface area contributed by atoms with Crippen molar-refractivity contribution < 1.29 is 14.2 Å². The van der Waals surface area contributed by atoms with E-state index in [1.54, 1.807) is 12.1 Å². The summed E-state index contributed by atoms with van der Waals surface area (Å²) in [6, 6.07) is 11.2. The van der Waals surface area contributed by atoms with Gasteiger partial charge in [-0.05, 0) is 29.8 Å². The van der Waals surface area contributed by atoms with Crippen molar-refractivity contribution in [3.63, 3.8) is 0 Å². The van der Waals surface area contributed by atoms with Crippen LogP contribution in [0.5, 0.6) is 17.2 Å². The van der Waals surface area contributed by atoms with Gasteiger partial charge >= 0.3 is 0 Å². The van der Waals surface area contributed by atoms with Gasteiger partial charge in [-0.15, -0.1) is 10.2 Å². The molecule has 2 aromatic carbocycles. The van der Waals surface area contributed by atoms with E-state index < -0.39 is 0 Å². The lowest BCUT2D eigenvalue weighted by molar-refractivity contribution is 0.324. The molecule has 148 valence electrons. The molecule has 4 rings (SSSR count). The molecule has 0 fully saturated rings. The van der Waals surface area contributed by atoms with Crippen molar-refractivity contribution in [2.24, 2.45) is 0 Å². The molecule has 0 saturated carbocycles. The smallest absolute Gasteiger partial charge is 0.276 e. The van der Waals surface area contributed by atoms with E-state index in [9.17, 15) is 4.79 Å². The second-order valence-electron chi connectivity index (χ2n) is 5.99. The zero-order valence-electron chi connectivity index (χ0n) is 15.8. The lowest BCUT2D eigenvalue weighted by Gasteiger charge is -2.13. The number of halogens is 1. The first kappa shape index (κ1) is 19.4. The molecule has 0 aliphatic carbocycles. The zero-order valence-corrected chi connectivity index (χ0v) is 18.2. The Labute approximate surface area is 178 Å². The van der Waals surface area contributed by atoms with Gasteiger partial charge in [-0.2, -0.15) is 0 Å². The molecule has 4 aromatic rings. The standard InChI is InChI=1S/C20H16BrN3O4S/c1-26-14-8-12(9-15(27-2)17(14)28-3)18-22-23-20-24(18)19(25)16(29-20)10-11-6-4-5-7-13(11)21/h4-10H,1-3H3/b16-10-. The fourth-order valence-electron chi connectivity index (χ4n) is 2.99. The minimum absolute atomic E-state index is 0.186. The number of fused-ring (bicyclic) bond motifs is 1. The number of rotatable bonds is 5. The molecule has 2 heterocycles. The van der Waals surface area contributed by atoms with Crippen LogP contribution >= 0.6 is 27.3 Å². The van der Waals surface area contributed by atoms with Gasteiger partial charge in [0.1, 0.15) is 0 Å². The second-order valence-corrected chi connectivity index (χ2v) is 7.86. The molecule has 0 amide bonds. The van der Waals surface area contributed by atoms with Gasteiger partial charge in [0, 0.05) is 10.0 Å². The van der Waals surface area contributed by atoms with Gasteiger partial charge in [0.25, 0.3) is 5.56 Å². The molecular weight excluding hydrogens is 458 g/mol. The highest BCUT2D eigenvalue weighted by Crippen LogP contribution is 2.40. The van der Waals surface area contributed by atoms with Crippen molar-refractivity contribution in [2.75, 3.05) is 21.3 Å². The van der Waals surface area contributed by atoms with Crippen LogP contribution in [0.4, 0.5) is 0 Å². The summed E-state index contributed by atoms with van der Waals surface area (Å²) >= 11 is 4.79. The van der Waals surface area contributed by atoms with Crippen molar-refractivity contribution in [3.8, 4) is 28.6 Å². The molecule has 0 unspecified atom stereocenters. The maximum atomic E-state index is 13.1. The molecule has 29 heavy (non-hydrogen) atoms. The number of methoxy groups -OCH3 is 3. The fraction of sp³-hybridized carbons (Fsp3) is 0.150. The Morgan fingerprint density at radius 3 is 2.34 bits per heavy atom. The number of hydrogen-bond donors (Lipinski definition) is 0. The molecular formula is C20H16BrN3O4S. The first-order valence-corrected chi connectivity index (χ1v) is 10.1. The normalized spacial score (nSPS) is 11.8. The highest BCUT2D eigenvalue weighted by atomic mass is 79.9. The minimum Gasteiger partial charge on any atom is -0.493 e. The van der Waals surface area contributed by atoms with Gasteiger partial charge in [-0.3, -0.25) is 4.79 Å². The molecule has 0 aliphatic rings. The number of hydrogen-bond acceptors (Lipinski definition) is 7. The molecule has 0 atom stereocenters. The van der Waals surface area contributed by atoms with Crippen molar-refractivity contribution in [2.45, 2.75) is 0 Å². The molecule has 0 saturated heterocycles. The van der Waals surface area contributed by atoms with Crippen LogP contribution in [-0.2, 0) is 0 Å². The largest absolute Gasteiger partial charge is 0.493 e. The van der Waals surface area contributed by atoms with Gasteiger partial charge in [-0.25, -0.2) is 4.40 Å². The van der Waals surface area contributed by atoms with E-state index in [1.807, 2.05) is 30.3 Å². The lowest BCUT2D eigenvalue weighted by Crippen LogP contribution is -2.23. The van der Waals surface area contributed by atoms with Gasteiger partial charge in [0.2, 0.25) is 10.7 Å². The average Bonchev–Trinajstić information content (AvgIpc) is 3.29. The SMILES string of the molecule is COc1cc(-c2nnc3s/c(=C\c4ccccc4Br)c(=O)n23)cc(OC)c1OC. The predicted molar refractivity (Wildman–Crippen MR) is 115 cm³/mol. The van der Waals surface area contributed by atoms with Crippen LogP contribution in [0.3, 0.4) is 0 Å². The highest BCUT2D eigenvalue weighted by molar-refractivity contribution is 9.10. The Hall–Kier alpha value is -2.91. The molecule has 7 nitrogen and oxygen atoms in total. The highest BCUT2D eigenvalue weighted by Gasteiger charge is 2.19. The molecule has 0 spiro atoms. The zero-order chi connectivity index (χ0) is 20.5. The third-order valence-corrected chi connectivity index (χ3v) is 6.04. The van der Waals surface area contributed by atoms with E-state index in [0.717, 1.165) is 10.0 Å². The summed E-state index contributed by atoms with van der Waals surface area (Å²) in [7, 11) is 4.61. The first-order chi connectivity index (χ1) is 14.1. The average molecular weight is 474 g/mol. The van der Waals surface area contributed by atoms with E-state index in [1.165, 1.54) is 37.1 Å². The Morgan fingerprint density at radius 2 is 1.72 bits per heavy atom. The van der Waals surface area contributed by atoms with Gasteiger partial charge in [0.15, 0.2) is 17.3 Å². The van der Waals surface area contributed by atoms with E-state index >= 15 is 0 Å². The quantitative estimate of drug-likeness (QED) is 0.443.